The molecule has 0 fully saturated rings. The highest BCUT2D eigenvalue weighted by Gasteiger charge is 2.16. The summed E-state index contributed by atoms with van der Waals surface area (Å²) >= 11 is 5.01. The van der Waals surface area contributed by atoms with Gasteiger partial charge in [-0.1, -0.05) is 41.6 Å². The lowest BCUT2D eigenvalue weighted by Crippen LogP contribution is -1.99. The molecule has 0 bridgehead atoms. The second-order valence-corrected chi connectivity index (χ2v) is 6.66. The fourth-order valence-electron chi connectivity index (χ4n) is 2.25. The van der Waals surface area contributed by atoms with Crippen molar-refractivity contribution in [3.63, 3.8) is 0 Å². The first kappa shape index (κ1) is 15.4. The monoisotopic (exact) mass is 377 g/mol. The molecule has 114 valence electrons. The van der Waals surface area contributed by atoms with E-state index in [0.717, 1.165) is 29.0 Å². The van der Waals surface area contributed by atoms with Gasteiger partial charge in [-0.15, -0.1) is 10.2 Å². The van der Waals surface area contributed by atoms with E-state index < -0.39 is 0 Å². The summed E-state index contributed by atoms with van der Waals surface area (Å²) in [5.41, 5.74) is 2.56. The van der Waals surface area contributed by atoms with E-state index in [2.05, 4.69) is 68.8 Å². The van der Waals surface area contributed by atoms with Crippen molar-refractivity contribution in [2.24, 2.45) is 0 Å². The van der Waals surface area contributed by atoms with Gasteiger partial charge in [-0.25, -0.2) is 0 Å². The lowest BCUT2D eigenvalue weighted by atomic mass is 10.2. The molecule has 6 heteroatoms. The lowest BCUT2D eigenvalue weighted by molar-refractivity contribution is 0.543. The molecule has 0 unspecified atom stereocenters. The lowest BCUT2D eigenvalue weighted by Gasteiger charge is -2.06. The molecule has 0 N–H and O–H groups in total. The first-order valence-corrected chi connectivity index (χ1v) is 8.82. The van der Waals surface area contributed by atoms with Gasteiger partial charge >= 0.3 is 0 Å². The molecule has 3 rings (SSSR count). The average Bonchev–Trinajstić information content (AvgIpc) is 3.10. The Labute approximate surface area is 142 Å². The largest absolute Gasteiger partial charge is 0.446 e. The van der Waals surface area contributed by atoms with Crippen molar-refractivity contribution in [2.45, 2.75) is 31.3 Å². The summed E-state index contributed by atoms with van der Waals surface area (Å²) in [4.78, 5) is 0. The van der Waals surface area contributed by atoms with Crippen molar-refractivity contribution < 1.29 is 4.42 Å². The summed E-state index contributed by atoms with van der Waals surface area (Å²) in [6.07, 6.45) is 0. The topological polar surface area (TPSA) is 43.9 Å². The average molecular weight is 378 g/mol. The molecule has 2 heterocycles. The number of hydrogen-bond donors (Lipinski definition) is 0. The van der Waals surface area contributed by atoms with Gasteiger partial charge in [0.1, 0.15) is 0 Å². The van der Waals surface area contributed by atoms with Crippen molar-refractivity contribution in [3.05, 3.63) is 52.2 Å². The summed E-state index contributed by atoms with van der Waals surface area (Å²) in [7, 11) is 0. The van der Waals surface area contributed by atoms with Gasteiger partial charge < -0.3 is 4.42 Å². The van der Waals surface area contributed by atoms with Crippen molar-refractivity contribution >= 4 is 27.7 Å². The van der Waals surface area contributed by atoms with Crippen LogP contribution >= 0.6 is 27.7 Å². The summed E-state index contributed by atoms with van der Waals surface area (Å²) in [6, 6.07) is 12.3. The van der Waals surface area contributed by atoms with Gasteiger partial charge in [0.15, 0.2) is 15.6 Å². The Morgan fingerprint density at radius 3 is 2.77 bits per heavy atom. The molecule has 0 saturated carbocycles. The predicted molar refractivity (Wildman–Crippen MR) is 91.8 cm³/mol. The zero-order chi connectivity index (χ0) is 15.5. The molecule has 0 aliphatic rings. The molecule has 0 spiro atoms. The van der Waals surface area contributed by atoms with Crippen LogP contribution in [0.15, 0.2) is 50.6 Å². The Bertz CT molecular complexity index is 781. The molecule has 22 heavy (non-hydrogen) atoms. The highest BCUT2D eigenvalue weighted by Crippen LogP contribution is 2.28. The van der Waals surface area contributed by atoms with Crippen molar-refractivity contribution in [2.75, 3.05) is 0 Å². The van der Waals surface area contributed by atoms with Crippen molar-refractivity contribution in [1.82, 2.24) is 14.8 Å². The highest BCUT2D eigenvalue weighted by molar-refractivity contribution is 9.10. The molecule has 0 aliphatic carbocycles. The zero-order valence-corrected chi connectivity index (χ0v) is 14.8. The van der Waals surface area contributed by atoms with E-state index in [9.17, 15) is 0 Å². The van der Waals surface area contributed by atoms with Gasteiger partial charge in [0.05, 0.1) is 0 Å². The van der Waals surface area contributed by atoms with Crippen LogP contribution < -0.4 is 0 Å². The molecule has 1 aromatic carbocycles. The number of aromatic nitrogens is 3. The fourth-order valence-corrected chi connectivity index (χ4v) is 3.50. The molecule has 4 nitrogen and oxygen atoms in total. The van der Waals surface area contributed by atoms with Crippen molar-refractivity contribution in [1.29, 1.82) is 0 Å². The molecule has 0 saturated heterocycles. The van der Waals surface area contributed by atoms with E-state index in [1.54, 1.807) is 11.8 Å². The van der Waals surface area contributed by atoms with Gasteiger partial charge in [-0.3, -0.25) is 4.57 Å². The van der Waals surface area contributed by atoms with Crippen LogP contribution in [0.2, 0.25) is 0 Å². The van der Waals surface area contributed by atoms with Gasteiger partial charge in [-0.2, -0.15) is 0 Å². The van der Waals surface area contributed by atoms with Gasteiger partial charge in [-0.05, 0) is 47.5 Å². The summed E-state index contributed by atoms with van der Waals surface area (Å²) in [6.45, 7) is 4.99. The summed E-state index contributed by atoms with van der Waals surface area (Å²) in [5.74, 6) is 2.37. The Balaban J connectivity index is 1.81. The Morgan fingerprint density at radius 1 is 1.23 bits per heavy atom. The van der Waals surface area contributed by atoms with Crippen LogP contribution in [-0.2, 0) is 12.3 Å². The minimum absolute atomic E-state index is 0.696. The van der Waals surface area contributed by atoms with Crippen molar-refractivity contribution in [3.8, 4) is 11.6 Å². The van der Waals surface area contributed by atoms with E-state index in [-0.39, 0.29) is 0 Å². The van der Waals surface area contributed by atoms with E-state index >= 15 is 0 Å². The third kappa shape index (κ3) is 3.28. The number of aryl methyl sites for hydroxylation is 1. The predicted octanol–water partition coefficient (Wildman–Crippen LogP) is 4.92. The molecule has 0 atom stereocenters. The molecular weight excluding hydrogens is 362 g/mol. The molecule has 0 radical (unpaired) electrons. The Kier molecular flexibility index (Phi) is 4.69. The highest BCUT2D eigenvalue weighted by atomic mass is 79.9. The third-order valence-corrected chi connectivity index (χ3v) is 4.74. The maximum atomic E-state index is 5.59. The number of hydrogen-bond acceptors (Lipinski definition) is 4. The smallest absolute Gasteiger partial charge is 0.200 e. The maximum absolute atomic E-state index is 5.59. The Hall–Kier alpha value is -1.53. The summed E-state index contributed by atoms with van der Waals surface area (Å²) < 4.78 is 8.36. The molecule has 0 aliphatic heterocycles. The Morgan fingerprint density at radius 2 is 2.09 bits per heavy atom. The van der Waals surface area contributed by atoms with E-state index in [1.807, 2.05) is 12.1 Å². The van der Waals surface area contributed by atoms with Gasteiger partial charge in [0.2, 0.25) is 5.82 Å². The normalized spacial score (nSPS) is 11.0. The SMILES string of the molecule is CCn1c(SCc2cccc(C)c2)nnc1-c1ccc(Br)o1. The number of halogens is 1. The van der Waals surface area contributed by atoms with Crippen LogP contribution in [0.4, 0.5) is 0 Å². The third-order valence-electron chi connectivity index (χ3n) is 3.28. The first-order valence-electron chi connectivity index (χ1n) is 7.04. The number of furan rings is 1. The summed E-state index contributed by atoms with van der Waals surface area (Å²) in [5, 5.41) is 9.50. The van der Waals surface area contributed by atoms with Crippen LogP contribution in [0.1, 0.15) is 18.1 Å². The standard InChI is InChI=1S/C16H16BrN3OS/c1-3-20-15(13-7-8-14(17)21-13)18-19-16(20)22-10-12-6-4-5-11(2)9-12/h4-9H,3,10H2,1-2H3. The van der Waals surface area contributed by atoms with Crippen LogP contribution in [0, 0.1) is 6.92 Å². The van der Waals surface area contributed by atoms with Crippen LogP contribution in [-0.4, -0.2) is 14.8 Å². The van der Waals surface area contributed by atoms with E-state index in [1.165, 1.54) is 11.1 Å². The minimum atomic E-state index is 0.696. The fraction of sp³-hybridized carbons (Fsp3) is 0.250. The number of rotatable bonds is 5. The molecule has 0 amide bonds. The minimum Gasteiger partial charge on any atom is -0.446 e. The van der Waals surface area contributed by atoms with Gasteiger partial charge in [0, 0.05) is 12.3 Å². The zero-order valence-electron chi connectivity index (χ0n) is 12.4. The van der Waals surface area contributed by atoms with Crippen LogP contribution in [0.5, 0.6) is 0 Å². The number of benzene rings is 1. The number of thioether (sulfide) groups is 1. The van der Waals surface area contributed by atoms with E-state index in [0.29, 0.717) is 4.67 Å². The van der Waals surface area contributed by atoms with E-state index in [4.69, 9.17) is 4.42 Å². The maximum Gasteiger partial charge on any atom is 0.200 e. The second kappa shape index (κ2) is 6.71. The van der Waals surface area contributed by atoms with Crippen LogP contribution in [0.3, 0.4) is 0 Å². The first-order chi connectivity index (χ1) is 10.7. The molecular formula is C16H16BrN3OS. The quantitative estimate of drug-likeness (QED) is 0.591. The second-order valence-electron chi connectivity index (χ2n) is 4.93. The van der Waals surface area contributed by atoms with Gasteiger partial charge in [0.25, 0.3) is 0 Å². The van der Waals surface area contributed by atoms with Crippen LogP contribution in [0.25, 0.3) is 11.6 Å². The number of nitrogens with zero attached hydrogens (tertiary/aromatic N) is 3. The molecule has 3 aromatic rings. The molecule has 2 aromatic heterocycles.